The zero-order valence-corrected chi connectivity index (χ0v) is 15.6. The quantitative estimate of drug-likeness (QED) is 0.706. The predicted octanol–water partition coefficient (Wildman–Crippen LogP) is 3.05. The summed E-state index contributed by atoms with van der Waals surface area (Å²) in [5.74, 6) is 1.58. The molecule has 0 atom stereocenters. The lowest BCUT2D eigenvalue weighted by atomic mass is 9.96. The van der Waals surface area contributed by atoms with Gasteiger partial charge in [0.2, 0.25) is 0 Å². The molecule has 7 heteroatoms. The van der Waals surface area contributed by atoms with E-state index in [1.54, 1.807) is 4.57 Å². The first-order valence-corrected chi connectivity index (χ1v) is 9.31. The average Bonchev–Trinajstić information content (AvgIpc) is 3.04. The Morgan fingerprint density at radius 2 is 2.00 bits per heavy atom. The molecule has 0 spiro atoms. The Balaban J connectivity index is 1.44. The number of nitrogens with zero attached hydrogens (tertiary/aromatic N) is 4. The van der Waals surface area contributed by atoms with E-state index in [-0.39, 0.29) is 11.4 Å². The van der Waals surface area contributed by atoms with Crippen LogP contribution in [0.25, 0.3) is 10.9 Å². The summed E-state index contributed by atoms with van der Waals surface area (Å²) in [5.41, 5.74) is 1.24. The number of aryl methyl sites for hydroxylation is 2. The van der Waals surface area contributed by atoms with Gasteiger partial charge in [-0.1, -0.05) is 5.16 Å². The van der Waals surface area contributed by atoms with Crippen molar-refractivity contribution < 1.29 is 8.91 Å². The normalized spacial score (nSPS) is 16.3. The Hall–Kier alpha value is -2.54. The zero-order valence-electron chi connectivity index (χ0n) is 15.6. The van der Waals surface area contributed by atoms with Gasteiger partial charge in [0.1, 0.15) is 11.6 Å². The van der Waals surface area contributed by atoms with Crippen molar-refractivity contribution in [3.8, 4) is 0 Å². The minimum atomic E-state index is -0.374. The van der Waals surface area contributed by atoms with E-state index in [1.807, 2.05) is 19.9 Å². The molecule has 0 aliphatic carbocycles. The van der Waals surface area contributed by atoms with Gasteiger partial charge in [-0.3, -0.25) is 14.3 Å². The summed E-state index contributed by atoms with van der Waals surface area (Å²) < 4.78 is 20.4. The van der Waals surface area contributed by atoms with Gasteiger partial charge < -0.3 is 4.52 Å². The number of benzene rings is 1. The van der Waals surface area contributed by atoms with Gasteiger partial charge in [-0.2, -0.15) is 0 Å². The fraction of sp³-hybridized carbons (Fsp3) is 0.450. The van der Waals surface area contributed by atoms with E-state index in [2.05, 4.69) is 15.0 Å². The molecule has 3 heterocycles. The first kappa shape index (κ1) is 17.9. The Morgan fingerprint density at radius 3 is 2.70 bits per heavy atom. The van der Waals surface area contributed by atoms with E-state index in [9.17, 15) is 9.18 Å². The van der Waals surface area contributed by atoms with Gasteiger partial charge >= 0.3 is 0 Å². The number of fused-ring (bicyclic) bond motifs is 1. The molecule has 0 N–H and O–H groups in total. The molecule has 1 aliphatic heterocycles. The van der Waals surface area contributed by atoms with Crippen molar-refractivity contribution in [3.05, 3.63) is 57.7 Å². The SMILES string of the molecule is Cc1cc(CN2CCC(Cn3c(C)nc4cc(F)ccc4c3=O)CC2)on1. The maximum Gasteiger partial charge on any atom is 0.261 e. The van der Waals surface area contributed by atoms with Crippen molar-refractivity contribution in [2.45, 2.75) is 39.8 Å². The summed E-state index contributed by atoms with van der Waals surface area (Å²) in [4.78, 5) is 19.6. The number of aromatic nitrogens is 3. The Labute approximate surface area is 156 Å². The third kappa shape index (κ3) is 3.78. The molecule has 1 fully saturated rings. The highest BCUT2D eigenvalue weighted by atomic mass is 19.1. The first-order valence-electron chi connectivity index (χ1n) is 9.31. The summed E-state index contributed by atoms with van der Waals surface area (Å²) in [7, 11) is 0. The van der Waals surface area contributed by atoms with Crippen LogP contribution in [0.2, 0.25) is 0 Å². The van der Waals surface area contributed by atoms with Crippen LogP contribution in [0.5, 0.6) is 0 Å². The van der Waals surface area contributed by atoms with Crippen molar-refractivity contribution in [1.29, 1.82) is 0 Å². The summed E-state index contributed by atoms with van der Waals surface area (Å²) in [6.45, 7) is 7.09. The largest absolute Gasteiger partial charge is 0.360 e. The molecule has 27 heavy (non-hydrogen) atoms. The third-order valence-electron chi connectivity index (χ3n) is 5.31. The molecule has 4 rings (SSSR count). The Kier molecular flexibility index (Phi) is 4.78. The minimum absolute atomic E-state index is 0.0861. The maximum atomic E-state index is 13.4. The van der Waals surface area contributed by atoms with Crippen LogP contribution in [0.4, 0.5) is 4.39 Å². The molecule has 2 aromatic heterocycles. The Morgan fingerprint density at radius 1 is 1.22 bits per heavy atom. The van der Waals surface area contributed by atoms with Crippen molar-refractivity contribution in [1.82, 2.24) is 19.6 Å². The summed E-state index contributed by atoms with van der Waals surface area (Å²) in [6, 6.07) is 6.13. The van der Waals surface area contributed by atoms with Gasteiger partial charge in [-0.15, -0.1) is 0 Å². The van der Waals surface area contributed by atoms with E-state index in [4.69, 9.17) is 4.52 Å². The van der Waals surface area contributed by atoms with Gasteiger partial charge in [-0.05, 0) is 57.8 Å². The fourth-order valence-electron chi connectivity index (χ4n) is 3.82. The summed E-state index contributed by atoms with van der Waals surface area (Å²) in [6.07, 6.45) is 2.03. The molecule has 142 valence electrons. The van der Waals surface area contributed by atoms with Gasteiger partial charge in [0, 0.05) is 18.7 Å². The van der Waals surface area contributed by atoms with Crippen LogP contribution < -0.4 is 5.56 Å². The highest BCUT2D eigenvalue weighted by Crippen LogP contribution is 2.21. The smallest absolute Gasteiger partial charge is 0.261 e. The third-order valence-corrected chi connectivity index (χ3v) is 5.31. The molecule has 6 nitrogen and oxygen atoms in total. The van der Waals surface area contributed by atoms with Gasteiger partial charge in [0.15, 0.2) is 5.76 Å². The van der Waals surface area contributed by atoms with Crippen LogP contribution >= 0.6 is 0 Å². The first-order chi connectivity index (χ1) is 13.0. The number of hydrogen-bond acceptors (Lipinski definition) is 5. The number of rotatable bonds is 4. The lowest BCUT2D eigenvalue weighted by molar-refractivity contribution is 0.152. The standard InChI is InChI=1S/C20H23FN4O2/c1-13-9-17(27-23-13)12-24-7-5-15(6-8-24)11-25-14(2)22-19-10-16(21)3-4-18(19)20(25)26/h3-4,9-10,15H,5-8,11-12H2,1-2H3. The molecule has 0 unspecified atom stereocenters. The van der Waals surface area contributed by atoms with Crippen LogP contribution in [-0.4, -0.2) is 32.7 Å². The maximum absolute atomic E-state index is 13.4. The highest BCUT2D eigenvalue weighted by Gasteiger charge is 2.22. The van der Waals surface area contributed by atoms with E-state index in [0.29, 0.717) is 29.2 Å². The molecular formula is C20H23FN4O2. The molecule has 0 bridgehead atoms. The monoisotopic (exact) mass is 370 g/mol. The van der Waals surface area contributed by atoms with Crippen LogP contribution in [0.3, 0.4) is 0 Å². The molecular weight excluding hydrogens is 347 g/mol. The lowest BCUT2D eigenvalue weighted by Crippen LogP contribution is -2.36. The number of hydrogen-bond donors (Lipinski definition) is 0. The fourth-order valence-corrected chi connectivity index (χ4v) is 3.82. The van der Waals surface area contributed by atoms with Crippen LogP contribution in [0, 0.1) is 25.6 Å². The van der Waals surface area contributed by atoms with E-state index in [0.717, 1.165) is 43.9 Å². The topological polar surface area (TPSA) is 64.2 Å². The van der Waals surface area contributed by atoms with Crippen LogP contribution in [0.1, 0.15) is 30.1 Å². The van der Waals surface area contributed by atoms with Crippen molar-refractivity contribution >= 4 is 10.9 Å². The number of likely N-dealkylation sites (tertiary alicyclic amines) is 1. The van der Waals surface area contributed by atoms with Gasteiger partial charge in [0.05, 0.1) is 23.1 Å². The predicted molar refractivity (Wildman–Crippen MR) is 99.9 cm³/mol. The van der Waals surface area contributed by atoms with E-state index >= 15 is 0 Å². The van der Waals surface area contributed by atoms with E-state index < -0.39 is 0 Å². The van der Waals surface area contributed by atoms with Crippen molar-refractivity contribution in [3.63, 3.8) is 0 Å². The van der Waals surface area contributed by atoms with Crippen molar-refractivity contribution in [2.75, 3.05) is 13.1 Å². The van der Waals surface area contributed by atoms with E-state index in [1.165, 1.54) is 18.2 Å². The minimum Gasteiger partial charge on any atom is -0.360 e. The van der Waals surface area contributed by atoms with Crippen LogP contribution in [-0.2, 0) is 13.1 Å². The molecule has 0 radical (unpaired) electrons. The number of halogens is 1. The lowest BCUT2D eigenvalue weighted by Gasteiger charge is -2.31. The Bertz CT molecular complexity index is 1020. The second kappa shape index (κ2) is 7.23. The molecule has 1 aliphatic rings. The number of piperidine rings is 1. The second-order valence-corrected chi connectivity index (χ2v) is 7.39. The van der Waals surface area contributed by atoms with Crippen LogP contribution in [0.15, 0.2) is 33.6 Å². The molecule has 1 saturated heterocycles. The van der Waals surface area contributed by atoms with Gasteiger partial charge in [0.25, 0.3) is 5.56 Å². The van der Waals surface area contributed by atoms with Crippen molar-refractivity contribution in [2.24, 2.45) is 5.92 Å². The molecule has 0 amide bonds. The molecule has 0 saturated carbocycles. The zero-order chi connectivity index (χ0) is 19.0. The summed E-state index contributed by atoms with van der Waals surface area (Å²) >= 11 is 0. The summed E-state index contributed by atoms with van der Waals surface area (Å²) in [5, 5.41) is 4.40. The second-order valence-electron chi connectivity index (χ2n) is 7.39. The van der Waals surface area contributed by atoms with Gasteiger partial charge in [-0.25, -0.2) is 9.37 Å². The molecule has 1 aromatic carbocycles. The average molecular weight is 370 g/mol. The highest BCUT2D eigenvalue weighted by molar-refractivity contribution is 5.77. The molecule has 3 aromatic rings.